The molecule has 17 heavy (non-hydrogen) atoms. The summed E-state index contributed by atoms with van der Waals surface area (Å²) < 4.78 is 0.554. The van der Waals surface area contributed by atoms with Crippen molar-refractivity contribution in [3.63, 3.8) is 0 Å². The van der Waals surface area contributed by atoms with Crippen molar-refractivity contribution in [2.24, 2.45) is 0 Å². The Morgan fingerprint density at radius 2 is 1.88 bits per heavy atom. The molecule has 0 atom stereocenters. The summed E-state index contributed by atoms with van der Waals surface area (Å²) in [5.41, 5.74) is -0.0639. The van der Waals surface area contributed by atoms with Crippen LogP contribution >= 0.6 is 11.8 Å². The first-order valence-corrected chi connectivity index (χ1v) is 5.58. The molecule has 0 fully saturated rings. The van der Waals surface area contributed by atoms with E-state index >= 15 is 0 Å². The summed E-state index contributed by atoms with van der Waals surface area (Å²) >= 11 is 1.19. The van der Waals surface area contributed by atoms with E-state index in [0.29, 0.717) is 9.63 Å². The molecule has 0 amide bonds. The summed E-state index contributed by atoms with van der Waals surface area (Å²) in [4.78, 5) is 11.5. The minimum Gasteiger partial charge on any atom is -0.619 e. The number of benzene rings is 1. The van der Waals surface area contributed by atoms with E-state index in [9.17, 15) is 15.3 Å². The number of nitro groups is 1. The number of nitrogens with zero attached hydrogens (tertiary/aromatic N) is 2. The van der Waals surface area contributed by atoms with E-state index in [1.165, 1.54) is 24.0 Å². The second kappa shape index (κ2) is 4.84. The van der Waals surface area contributed by atoms with Crippen LogP contribution in [0, 0.1) is 15.3 Å². The molecule has 6 heteroatoms. The average Bonchev–Trinajstić information content (AvgIpc) is 2.30. The monoisotopic (exact) mass is 248 g/mol. The van der Waals surface area contributed by atoms with Gasteiger partial charge in [-0.2, -0.15) is 4.73 Å². The molecule has 0 aliphatic carbocycles. The van der Waals surface area contributed by atoms with E-state index in [1.807, 2.05) is 30.3 Å². The highest BCUT2D eigenvalue weighted by molar-refractivity contribution is 7.99. The van der Waals surface area contributed by atoms with Crippen molar-refractivity contribution in [1.82, 2.24) is 0 Å². The molecule has 1 heterocycles. The van der Waals surface area contributed by atoms with Crippen LogP contribution in [-0.2, 0) is 0 Å². The molecule has 0 spiro atoms. The van der Waals surface area contributed by atoms with Gasteiger partial charge in [0.05, 0.1) is 11.0 Å². The van der Waals surface area contributed by atoms with E-state index < -0.39 is 4.92 Å². The zero-order valence-corrected chi connectivity index (χ0v) is 9.46. The van der Waals surface area contributed by atoms with Crippen molar-refractivity contribution in [3.8, 4) is 0 Å². The number of hydrogen-bond acceptors (Lipinski definition) is 4. The average molecular weight is 248 g/mol. The smallest absolute Gasteiger partial charge is 0.295 e. The first-order chi connectivity index (χ1) is 8.16. The van der Waals surface area contributed by atoms with Crippen LogP contribution < -0.4 is 4.73 Å². The molecular weight excluding hydrogens is 240 g/mol. The van der Waals surface area contributed by atoms with Crippen LogP contribution in [0.2, 0.25) is 0 Å². The number of pyridine rings is 1. The second-order valence-electron chi connectivity index (χ2n) is 3.23. The van der Waals surface area contributed by atoms with Crippen LogP contribution in [-0.4, -0.2) is 4.92 Å². The predicted molar refractivity (Wildman–Crippen MR) is 62.6 cm³/mol. The number of hydrogen-bond donors (Lipinski definition) is 0. The zero-order chi connectivity index (χ0) is 12.3. The summed E-state index contributed by atoms with van der Waals surface area (Å²) in [5.74, 6) is 0. The molecule has 0 aliphatic heterocycles. The van der Waals surface area contributed by atoms with Gasteiger partial charge in [-0.25, -0.2) is 0 Å². The first kappa shape index (κ1) is 11.4. The molecule has 1 aromatic carbocycles. The first-order valence-electron chi connectivity index (χ1n) is 4.77. The number of aromatic nitrogens is 1. The van der Waals surface area contributed by atoms with Gasteiger partial charge in [0.15, 0.2) is 11.1 Å². The van der Waals surface area contributed by atoms with Crippen molar-refractivity contribution in [2.75, 3.05) is 0 Å². The van der Waals surface area contributed by atoms with Gasteiger partial charge in [-0.1, -0.05) is 30.0 Å². The van der Waals surface area contributed by atoms with E-state index in [2.05, 4.69) is 0 Å². The van der Waals surface area contributed by atoms with E-state index in [0.717, 1.165) is 11.1 Å². The van der Waals surface area contributed by atoms with Crippen molar-refractivity contribution in [3.05, 3.63) is 64.1 Å². The van der Waals surface area contributed by atoms with Gasteiger partial charge in [-0.15, -0.1) is 0 Å². The van der Waals surface area contributed by atoms with Crippen LogP contribution in [0.5, 0.6) is 0 Å². The van der Waals surface area contributed by atoms with Crippen LogP contribution in [0.1, 0.15) is 0 Å². The highest BCUT2D eigenvalue weighted by Gasteiger charge is 2.17. The lowest BCUT2D eigenvalue weighted by Crippen LogP contribution is -2.24. The fourth-order valence-corrected chi connectivity index (χ4v) is 2.25. The molecule has 2 rings (SSSR count). The molecule has 5 nitrogen and oxygen atoms in total. The molecule has 0 N–H and O–H groups in total. The summed E-state index contributed by atoms with van der Waals surface area (Å²) in [6, 6.07) is 10.4. The van der Waals surface area contributed by atoms with Crippen molar-refractivity contribution < 1.29 is 9.65 Å². The normalized spacial score (nSPS) is 10.1. The van der Waals surface area contributed by atoms with Crippen LogP contribution in [0.25, 0.3) is 0 Å². The third-order valence-electron chi connectivity index (χ3n) is 2.04. The summed E-state index contributed by atoms with van der Waals surface area (Å²) in [6.45, 7) is 0. The molecule has 1 aromatic heterocycles. The third-order valence-corrected chi connectivity index (χ3v) is 3.09. The lowest BCUT2D eigenvalue weighted by molar-refractivity contribution is -0.608. The summed E-state index contributed by atoms with van der Waals surface area (Å²) in [5, 5.41) is 21.9. The Morgan fingerprint density at radius 3 is 2.53 bits per heavy atom. The van der Waals surface area contributed by atoms with Crippen molar-refractivity contribution in [2.45, 2.75) is 9.79 Å². The minimum atomic E-state index is -0.495. The van der Waals surface area contributed by atoms with E-state index in [1.54, 1.807) is 0 Å². The van der Waals surface area contributed by atoms with Crippen LogP contribution in [0.3, 0.4) is 0 Å². The molecule has 86 valence electrons. The molecule has 0 aliphatic rings. The highest BCUT2D eigenvalue weighted by Crippen LogP contribution is 2.33. The fourth-order valence-electron chi connectivity index (χ4n) is 1.30. The van der Waals surface area contributed by atoms with Gasteiger partial charge in [0.1, 0.15) is 0 Å². The molecular formula is C11H8N2O3S. The van der Waals surface area contributed by atoms with Gasteiger partial charge < -0.3 is 5.21 Å². The molecule has 0 unspecified atom stereocenters. The van der Waals surface area contributed by atoms with Gasteiger partial charge in [0.2, 0.25) is 6.20 Å². The molecule has 0 radical (unpaired) electrons. The summed E-state index contributed by atoms with van der Waals surface area (Å²) in [6.07, 6.45) is 2.32. The lowest BCUT2D eigenvalue weighted by Gasteiger charge is -2.02. The molecule has 0 bridgehead atoms. The van der Waals surface area contributed by atoms with Gasteiger partial charge in [0.25, 0.3) is 5.69 Å². The number of rotatable bonds is 3. The maximum Gasteiger partial charge on any atom is 0.295 e. The Balaban J connectivity index is 2.37. The fraction of sp³-hybridized carbons (Fsp3) is 0. The predicted octanol–water partition coefficient (Wildman–Crippen LogP) is 2.38. The molecule has 0 saturated heterocycles. The van der Waals surface area contributed by atoms with E-state index in [-0.39, 0.29) is 5.69 Å². The largest absolute Gasteiger partial charge is 0.619 e. The Kier molecular flexibility index (Phi) is 3.24. The van der Waals surface area contributed by atoms with Crippen molar-refractivity contribution in [1.29, 1.82) is 0 Å². The molecule has 2 aromatic rings. The topological polar surface area (TPSA) is 70.1 Å². The molecule has 0 saturated carbocycles. The van der Waals surface area contributed by atoms with Gasteiger partial charge in [-0.3, -0.25) is 10.1 Å². The Labute approximate surface area is 101 Å². The van der Waals surface area contributed by atoms with Crippen LogP contribution in [0.15, 0.2) is 58.6 Å². The van der Waals surface area contributed by atoms with Gasteiger partial charge >= 0.3 is 0 Å². The second-order valence-corrected chi connectivity index (χ2v) is 4.34. The van der Waals surface area contributed by atoms with Gasteiger partial charge in [-0.05, 0) is 12.1 Å². The van der Waals surface area contributed by atoms with Crippen molar-refractivity contribution >= 4 is 17.4 Å². The Morgan fingerprint density at radius 1 is 1.18 bits per heavy atom. The quantitative estimate of drug-likeness (QED) is 0.362. The maximum atomic E-state index is 11.1. The Bertz CT molecular complexity index is 546. The maximum absolute atomic E-state index is 11.1. The highest BCUT2D eigenvalue weighted by atomic mass is 32.2. The Hall–Kier alpha value is -2.08. The van der Waals surface area contributed by atoms with Crippen LogP contribution in [0.4, 0.5) is 5.69 Å². The standard InChI is InChI=1S/C11H8N2O3S/c14-12-7-6-10(13(15)16)11(8-12)17-9-4-2-1-3-5-9/h1-8H. The third kappa shape index (κ3) is 2.73. The SMILES string of the molecule is O=[N+]([O-])c1cc[n+]([O-])cc1Sc1ccccc1. The summed E-state index contributed by atoms with van der Waals surface area (Å²) in [7, 11) is 0. The zero-order valence-electron chi connectivity index (χ0n) is 8.65. The minimum absolute atomic E-state index is 0.0639. The lowest BCUT2D eigenvalue weighted by atomic mass is 10.4. The van der Waals surface area contributed by atoms with E-state index in [4.69, 9.17) is 0 Å². The van der Waals surface area contributed by atoms with Gasteiger partial charge in [0, 0.05) is 4.90 Å².